The highest BCUT2D eigenvalue weighted by Gasteiger charge is 2.30. The van der Waals surface area contributed by atoms with E-state index in [4.69, 9.17) is 5.26 Å². The van der Waals surface area contributed by atoms with Gasteiger partial charge in [-0.15, -0.1) is 0 Å². The molecule has 7 nitrogen and oxygen atoms in total. The normalized spacial score (nSPS) is 21.5. The fourth-order valence-corrected chi connectivity index (χ4v) is 6.68. The molecule has 40 heavy (non-hydrogen) atoms. The van der Waals surface area contributed by atoms with Gasteiger partial charge >= 0.3 is 0 Å². The monoisotopic (exact) mass is 557 g/mol. The molecule has 210 valence electrons. The van der Waals surface area contributed by atoms with E-state index in [9.17, 15) is 8.42 Å². The van der Waals surface area contributed by atoms with Gasteiger partial charge in [0.2, 0.25) is 10.0 Å². The molecule has 1 saturated heterocycles. The van der Waals surface area contributed by atoms with Crippen LogP contribution in [0, 0.1) is 23.2 Å². The Morgan fingerprint density at radius 3 is 2.50 bits per heavy atom. The highest BCUT2D eigenvalue weighted by atomic mass is 32.2. The molecule has 1 aliphatic carbocycles. The van der Waals surface area contributed by atoms with Crippen LogP contribution < -0.4 is 14.9 Å². The van der Waals surface area contributed by atoms with Gasteiger partial charge in [0.15, 0.2) is 0 Å². The summed E-state index contributed by atoms with van der Waals surface area (Å²) in [4.78, 5) is 7.16. The second kappa shape index (κ2) is 12.8. The van der Waals surface area contributed by atoms with Gasteiger partial charge in [-0.1, -0.05) is 37.1 Å². The lowest BCUT2D eigenvalue weighted by atomic mass is 9.77. The largest absolute Gasteiger partial charge is 0.371 e. The van der Waals surface area contributed by atoms with Crippen LogP contribution in [0.2, 0.25) is 0 Å². The zero-order valence-electron chi connectivity index (χ0n) is 23.2. The topological polar surface area (TPSA) is 98.1 Å². The van der Waals surface area contributed by atoms with Crippen LogP contribution in [0.4, 0.5) is 11.5 Å². The molecule has 3 aromatic rings. The maximum Gasteiger partial charge on any atom is 0.209 e. The van der Waals surface area contributed by atoms with E-state index in [1.165, 1.54) is 56.9 Å². The molecule has 2 aromatic carbocycles. The number of nitrogens with zero attached hydrogens (tertiary/aromatic N) is 3. The van der Waals surface area contributed by atoms with E-state index in [0.29, 0.717) is 23.4 Å². The summed E-state index contributed by atoms with van der Waals surface area (Å²) in [6.07, 6.45) is 11.7. The number of piperidine rings is 1. The Balaban J connectivity index is 1.21. The summed E-state index contributed by atoms with van der Waals surface area (Å²) in [6, 6.07) is 22.8. The van der Waals surface area contributed by atoms with Crippen LogP contribution in [0.3, 0.4) is 0 Å². The van der Waals surface area contributed by atoms with E-state index in [1.54, 1.807) is 0 Å². The van der Waals surface area contributed by atoms with Crippen molar-refractivity contribution in [3.8, 4) is 17.2 Å². The molecule has 0 bridgehead atoms. The third-order valence-corrected chi connectivity index (χ3v) is 9.01. The lowest BCUT2D eigenvalue weighted by Gasteiger charge is -2.39. The maximum absolute atomic E-state index is 11.4. The number of anilines is 2. The molecule has 2 aliphatic rings. The first-order chi connectivity index (χ1) is 19.4. The number of pyridine rings is 1. The van der Waals surface area contributed by atoms with Crippen LogP contribution in [-0.4, -0.2) is 38.8 Å². The Hall–Kier alpha value is -3.41. The van der Waals surface area contributed by atoms with Gasteiger partial charge in [0.25, 0.3) is 0 Å². The highest BCUT2D eigenvalue weighted by molar-refractivity contribution is 7.88. The molecule has 1 aromatic heterocycles. The van der Waals surface area contributed by atoms with Crippen molar-refractivity contribution in [1.29, 1.82) is 5.26 Å². The predicted molar refractivity (Wildman–Crippen MR) is 161 cm³/mol. The van der Waals surface area contributed by atoms with Gasteiger partial charge in [-0.3, -0.25) is 0 Å². The molecule has 3 atom stereocenters. The molecule has 8 heteroatoms. The van der Waals surface area contributed by atoms with Crippen LogP contribution >= 0.6 is 0 Å². The molecule has 0 amide bonds. The van der Waals surface area contributed by atoms with Crippen molar-refractivity contribution in [3.05, 3.63) is 78.0 Å². The smallest absolute Gasteiger partial charge is 0.209 e. The van der Waals surface area contributed by atoms with E-state index < -0.39 is 10.0 Å². The first-order valence-corrected chi connectivity index (χ1v) is 16.3. The molecular formula is C32H39N5O2S. The second-order valence-electron chi connectivity index (χ2n) is 11.4. The average molecular weight is 558 g/mol. The highest BCUT2D eigenvalue weighted by Crippen LogP contribution is 2.35. The molecule has 1 saturated carbocycles. The number of hydrogen-bond acceptors (Lipinski definition) is 6. The van der Waals surface area contributed by atoms with Gasteiger partial charge in [-0.2, -0.15) is 5.26 Å². The summed E-state index contributed by atoms with van der Waals surface area (Å²) < 4.78 is 25.3. The summed E-state index contributed by atoms with van der Waals surface area (Å²) in [6.45, 7) is 2.46. The molecule has 2 N–H and O–H groups in total. The van der Waals surface area contributed by atoms with Crippen molar-refractivity contribution in [1.82, 2.24) is 9.71 Å². The summed E-state index contributed by atoms with van der Waals surface area (Å²) in [5.41, 5.74) is 5.04. The Kier molecular flexibility index (Phi) is 9.03. The van der Waals surface area contributed by atoms with Crippen LogP contribution in [-0.2, 0) is 16.6 Å². The number of benzene rings is 2. The van der Waals surface area contributed by atoms with Crippen LogP contribution in [0.1, 0.15) is 56.1 Å². The Morgan fingerprint density at radius 1 is 0.975 bits per heavy atom. The standard InChI is InChI=1S/C32H39N5O2S/c1-40(38,39)35-22-25-8-12-27(13-9-25)28-16-17-34-32(20-28)36-31-7-3-2-6-29(31)19-26-5-4-18-37(23-26)30-14-10-24(21-33)11-15-30/h8-17,20,26,29,31,35H,2-7,18-19,22-23H2,1H3,(H,34,36)/t26-,29+,31-/m1/s1. The van der Waals surface area contributed by atoms with Gasteiger partial charge < -0.3 is 10.2 Å². The van der Waals surface area contributed by atoms with Crippen molar-refractivity contribution >= 4 is 21.5 Å². The second-order valence-corrected chi connectivity index (χ2v) is 13.2. The van der Waals surface area contributed by atoms with Crippen LogP contribution in [0.15, 0.2) is 66.9 Å². The third kappa shape index (κ3) is 7.61. The van der Waals surface area contributed by atoms with Gasteiger partial charge in [-0.05, 0) is 97.0 Å². The molecule has 2 fully saturated rings. The van der Waals surface area contributed by atoms with Crippen LogP contribution in [0.5, 0.6) is 0 Å². The molecule has 1 aliphatic heterocycles. The van der Waals surface area contributed by atoms with Gasteiger partial charge in [0.05, 0.1) is 17.9 Å². The Bertz CT molecular complexity index is 1420. The molecule has 2 heterocycles. The third-order valence-electron chi connectivity index (χ3n) is 8.34. The average Bonchev–Trinajstić information content (AvgIpc) is 2.97. The number of aromatic nitrogens is 1. The van der Waals surface area contributed by atoms with E-state index in [2.05, 4.69) is 44.2 Å². The predicted octanol–water partition coefficient (Wildman–Crippen LogP) is 5.95. The quantitative estimate of drug-likeness (QED) is 0.338. The van der Waals surface area contributed by atoms with E-state index in [0.717, 1.165) is 35.6 Å². The number of nitriles is 1. The summed E-state index contributed by atoms with van der Waals surface area (Å²) in [5, 5.41) is 12.9. The lowest BCUT2D eigenvalue weighted by Crippen LogP contribution is -2.39. The van der Waals surface area contributed by atoms with Crippen molar-refractivity contribution < 1.29 is 8.42 Å². The Morgan fingerprint density at radius 2 is 1.75 bits per heavy atom. The number of hydrogen-bond donors (Lipinski definition) is 2. The van der Waals surface area contributed by atoms with Crippen molar-refractivity contribution in [2.45, 2.75) is 57.5 Å². The molecule has 0 spiro atoms. The number of nitrogens with one attached hydrogen (secondary N) is 2. The lowest BCUT2D eigenvalue weighted by molar-refractivity contribution is 0.247. The van der Waals surface area contributed by atoms with Gasteiger partial charge in [-0.25, -0.2) is 18.1 Å². The first kappa shape index (κ1) is 28.1. The van der Waals surface area contributed by atoms with Crippen molar-refractivity contribution in [2.24, 2.45) is 11.8 Å². The van der Waals surface area contributed by atoms with Gasteiger partial charge in [0.1, 0.15) is 5.82 Å². The molecule has 0 unspecified atom stereocenters. The SMILES string of the molecule is CS(=O)(=O)NCc1ccc(-c2ccnc(N[C@@H]3CCCC[C@H]3C[C@H]3CCCN(c4ccc(C#N)cc4)C3)c2)cc1. The molecule has 5 rings (SSSR count). The molecular weight excluding hydrogens is 518 g/mol. The van der Waals surface area contributed by atoms with E-state index in [1.807, 2.05) is 48.7 Å². The summed E-state index contributed by atoms with van der Waals surface area (Å²) >= 11 is 0. The Labute approximate surface area is 238 Å². The maximum atomic E-state index is 11.4. The van der Waals surface area contributed by atoms with E-state index >= 15 is 0 Å². The van der Waals surface area contributed by atoms with Crippen molar-refractivity contribution in [3.63, 3.8) is 0 Å². The minimum absolute atomic E-state index is 0.289. The summed E-state index contributed by atoms with van der Waals surface area (Å²) in [5.74, 6) is 2.22. The zero-order valence-corrected chi connectivity index (χ0v) is 24.0. The zero-order chi connectivity index (χ0) is 28.0. The minimum atomic E-state index is -3.22. The fourth-order valence-electron chi connectivity index (χ4n) is 6.26. The number of rotatable bonds is 9. The first-order valence-electron chi connectivity index (χ1n) is 14.4. The molecule has 0 radical (unpaired) electrons. The number of sulfonamides is 1. The van der Waals surface area contributed by atoms with E-state index in [-0.39, 0.29) is 6.54 Å². The minimum Gasteiger partial charge on any atom is -0.371 e. The van der Waals surface area contributed by atoms with Gasteiger partial charge in [0, 0.05) is 37.6 Å². The fraction of sp³-hybridized carbons (Fsp3) is 0.438. The van der Waals surface area contributed by atoms with Crippen molar-refractivity contribution in [2.75, 3.05) is 29.6 Å². The summed E-state index contributed by atoms with van der Waals surface area (Å²) in [7, 11) is -3.22. The van der Waals surface area contributed by atoms with Crippen LogP contribution in [0.25, 0.3) is 11.1 Å².